The minimum absolute atomic E-state index is 0.400. The highest BCUT2D eigenvalue weighted by atomic mass is 79.9. The number of hydrogen-bond donors (Lipinski definition) is 0. The molecule has 2 unspecified atom stereocenters. The van der Waals surface area contributed by atoms with Crippen molar-refractivity contribution in [2.75, 3.05) is 6.61 Å². The van der Waals surface area contributed by atoms with E-state index < -0.39 is 0 Å². The van der Waals surface area contributed by atoms with Crippen LogP contribution in [0.5, 0.6) is 0 Å². The van der Waals surface area contributed by atoms with Crippen LogP contribution >= 0.6 is 31.9 Å². The van der Waals surface area contributed by atoms with Crippen LogP contribution in [-0.2, 0) is 4.74 Å². The van der Waals surface area contributed by atoms with Crippen molar-refractivity contribution < 1.29 is 4.74 Å². The van der Waals surface area contributed by atoms with Crippen molar-refractivity contribution in [3.8, 4) is 0 Å². The summed E-state index contributed by atoms with van der Waals surface area (Å²) in [5.41, 5.74) is 4.02. The molecule has 2 rings (SSSR count). The van der Waals surface area contributed by atoms with Gasteiger partial charge in [0, 0.05) is 15.9 Å². The van der Waals surface area contributed by atoms with Crippen molar-refractivity contribution in [1.82, 2.24) is 0 Å². The van der Waals surface area contributed by atoms with Gasteiger partial charge in [-0.25, -0.2) is 0 Å². The maximum absolute atomic E-state index is 5.70. The number of halogens is 2. The highest BCUT2D eigenvalue weighted by Crippen LogP contribution is 2.35. The van der Waals surface area contributed by atoms with Gasteiger partial charge in [-0.15, -0.1) is 0 Å². The van der Waals surface area contributed by atoms with Gasteiger partial charge in [0.15, 0.2) is 0 Å². The molecule has 0 radical (unpaired) electrons. The zero-order chi connectivity index (χ0) is 12.4. The third-order valence-corrected chi connectivity index (χ3v) is 5.10. The smallest absolute Gasteiger partial charge is 0.0589 e. The fourth-order valence-corrected chi connectivity index (χ4v) is 3.70. The first-order valence-corrected chi connectivity index (χ1v) is 7.81. The summed E-state index contributed by atoms with van der Waals surface area (Å²) in [6, 6.07) is 4.47. The SMILES string of the molecule is Cc1cc(C(Br)CC2CCCO2)c(C)cc1Br. The van der Waals surface area contributed by atoms with E-state index in [9.17, 15) is 0 Å². The number of hydrogen-bond acceptors (Lipinski definition) is 1. The highest BCUT2D eigenvalue weighted by Gasteiger charge is 2.21. The van der Waals surface area contributed by atoms with Gasteiger partial charge in [-0.05, 0) is 55.9 Å². The maximum atomic E-state index is 5.70. The Kier molecular flexibility index (Phi) is 4.67. The first-order chi connectivity index (χ1) is 8.08. The summed E-state index contributed by atoms with van der Waals surface area (Å²) in [5.74, 6) is 0. The zero-order valence-corrected chi connectivity index (χ0v) is 13.5. The Morgan fingerprint density at radius 3 is 2.76 bits per heavy atom. The van der Waals surface area contributed by atoms with E-state index in [1.54, 1.807) is 0 Å². The molecule has 1 aromatic rings. The molecule has 17 heavy (non-hydrogen) atoms. The van der Waals surface area contributed by atoms with Crippen molar-refractivity contribution in [2.45, 2.75) is 44.0 Å². The van der Waals surface area contributed by atoms with Crippen LogP contribution in [0.4, 0.5) is 0 Å². The van der Waals surface area contributed by atoms with Gasteiger partial charge in [0.2, 0.25) is 0 Å². The first-order valence-electron chi connectivity index (χ1n) is 6.10. The number of aryl methyl sites for hydroxylation is 2. The Hall–Kier alpha value is 0.140. The second kappa shape index (κ2) is 5.85. The van der Waals surface area contributed by atoms with Crippen molar-refractivity contribution in [3.05, 3.63) is 33.3 Å². The average molecular weight is 362 g/mol. The normalized spacial score (nSPS) is 21.8. The molecule has 1 aliphatic heterocycles. The largest absolute Gasteiger partial charge is 0.378 e. The van der Waals surface area contributed by atoms with E-state index in [1.165, 1.54) is 34.0 Å². The maximum Gasteiger partial charge on any atom is 0.0589 e. The summed E-state index contributed by atoms with van der Waals surface area (Å²) in [5, 5.41) is 0. The monoisotopic (exact) mass is 360 g/mol. The highest BCUT2D eigenvalue weighted by molar-refractivity contribution is 9.10. The van der Waals surface area contributed by atoms with E-state index in [0.717, 1.165) is 13.0 Å². The van der Waals surface area contributed by atoms with Gasteiger partial charge in [-0.3, -0.25) is 0 Å². The lowest BCUT2D eigenvalue weighted by Gasteiger charge is -2.18. The van der Waals surface area contributed by atoms with Gasteiger partial charge >= 0.3 is 0 Å². The number of alkyl halides is 1. The molecule has 0 saturated carbocycles. The van der Waals surface area contributed by atoms with Crippen molar-refractivity contribution in [1.29, 1.82) is 0 Å². The number of ether oxygens (including phenoxy) is 1. The zero-order valence-electron chi connectivity index (χ0n) is 10.3. The summed E-state index contributed by atoms with van der Waals surface area (Å²) in [6.07, 6.45) is 3.92. The van der Waals surface area contributed by atoms with Gasteiger partial charge in [0.05, 0.1) is 6.10 Å². The molecule has 3 heteroatoms. The molecule has 0 aromatic heterocycles. The fraction of sp³-hybridized carbons (Fsp3) is 0.571. The number of benzene rings is 1. The van der Waals surface area contributed by atoms with Gasteiger partial charge in [-0.2, -0.15) is 0 Å². The summed E-state index contributed by atoms with van der Waals surface area (Å²) in [4.78, 5) is 0.400. The van der Waals surface area contributed by atoms with E-state index in [2.05, 4.69) is 57.8 Å². The molecule has 0 aliphatic carbocycles. The standard InChI is InChI=1S/C14H18Br2O/c1-9-7-13(15)10(2)6-12(9)14(16)8-11-4-3-5-17-11/h6-7,11,14H,3-5,8H2,1-2H3. The first kappa shape index (κ1) is 13.6. The molecule has 1 aromatic carbocycles. The van der Waals surface area contributed by atoms with Crippen molar-refractivity contribution in [3.63, 3.8) is 0 Å². The van der Waals surface area contributed by atoms with Crippen LogP contribution in [-0.4, -0.2) is 12.7 Å². The molecule has 1 heterocycles. The third-order valence-electron chi connectivity index (χ3n) is 3.38. The summed E-state index contributed by atoms with van der Waals surface area (Å²) >= 11 is 7.39. The molecule has 1 fully saturated rings. The molecule has 1 saturated heterocycles. The Morgan fingerprint density at radius 2 is 2.12 bits per heavy atom. The molecule has 0 spiro atoms. The summed E-state index contributed by atoms with van der Waals surface area (Å²) in [7, 11) is 0. The molecule has 1 nitrogen and oxygen atoms in total. The van der Waals surface area contributed by atoms with Gasteiger partial charge < -0.3 is 4.74 Å². The quantitative estimate of drug-likeness (QED) is 0.683. The van der Waals surface area contributed by atoms with Crippen LogP contribution in [0.2, 0.25) is 0 Å². The van der Waals surface area contributed by atoms with E-state index >= 15 is 0 Å². The minimum Gasteiger partial charge on any atom is -0.378 e. The van der Waals surface area contributed by atoms with E-state index in [0.29, 0.717) is 10.9 Å². The molecule has 1 aliphatic rings. The Balaban J connectivity index is 2.12. The molecular weight excluding hydrogens is 344 g/mol. The Labute approximate surface area is 120 Å². The van der Waals surface area contributed by atoms with E-state index in [1.807, 2.05) is 0 Å². The Bertz CT molecular complexity index is 397. The Morgan fingerprint density at radius 1 is 1.35 bits per heavy atom. The molecule has 0 bridgehead atoms. The van der Waals surface area contributed by atoms with Crippen LogP contribution in [0.3, 0.4) is 0 Å². The molecular formula is C14H18Br2O. The van der Waals surface area contributed by atoms with Gasteiger partial charge in [-0.1, -0.05) is 37.9 Å². The summed E-state index contributed by atoms with van der Waals surface area (Å²) in [6.45, 7) is 5.24. The minimum atomic E-state index is 0.400. The lowest BCUT2D eigenvalue weighted by atomic mass is 9.99. The topological polar surface area (TPSA) is 9.23 Å². The third kappa shape index (κ3) is 3.33. The van der Waals surface area contributed by atoms with Crippen LogP contribution in [0.15, 0.2) is 16.6 Å². The van der Waals surface area contributed by atoms with Crippen molar-refractivity contribution in [2.24, 2.45) is 0 Å². The van der Waals surface area contributed by atoms with Crippen LogP contribution < -0.4 is 0 Å². The van der Waals surface area contributed by atoms with E-state index in [4.69, 9.17) is 4.74 Å². The second-order valence-electron chi connectivity index (χ2n) is 4.80. The molecule has 0 N–H and O–H groups in total. The predicted octanol–water partition coefficient (Wildman–Crippen LogP) is 5.07. The average Bonchev–Trinajstić information content (AvgIpc) is 2.76. The fourth-order valence-electron chi connectivity index (χ4n) is 2.33. The lowest BCUT2D eigenvalue weighted by molar-refractivity contribution is 0.104. The van der Waals surface area contributed by atoms with Gasteiger partial charge in [0.1, 0.15) is 0 Å². The number of rotatable bonds is 3. The predicted molar refractivity (Wildman–Crippen MR) is 78.9 cm³/mol. The van der Waals surface area contributed by atoms with Crippen molar-refractivity contribution >= 4 is 31.9 Å². The van der Waals surface area contributed by atoms with Crippen LogP contribution in [0.1, 0.15) is 40.8 Å². The molecule has 94 valence electrons. The van der Waals surface area contributed by atoms with E-state index in [-0.39, 0.29) is 0 Å². The van der Waals surface area contributed by atoms with Crippen LogP contribution in [0.25, 0.3) is 0 Å². The van der Waals surface area contributed by atoms with Crippen LogP contribution in [0, 0.1) is 13.8 Å². The summed E-state index contributed by atoms with van der Waals surface area (Å²) < 4.78 is 6.89. The second-order valence-corrected chi connectivity index (χ2v) is 6.76. The van der Waals surface area contributed by atoms with Gasteiger partial charge in [0.25, 0.3) is 0 Å². The molecule has 0 amide bonds. The lowest BCUT2D eigenvalue weighted by Crippen LogP contribution is -2.09. The molecule has 2 atom stereocenters.